The molecule has 3 rings (SSSR count). The molecule has 3 N–H and O–H groups in total. The maximum atomic E-state index is 12.9. The van der Waals surface area contributed by atoms with Crippen LogP contribution in [0, 0.1) is 11.8 Å². The van der Waals surface area contributed by atoms with Gasteiger partial charge in [-0.25, -0.2) is 4.99 Å². The highest BCUT2D eigenvalue weighted by Crippen LogP contribution is 2.40. The van der Waals surface area contributed by atoms with Crippen molar-refractivity contribution >= 4 is 11.9 Å². The lowest BCUT2D eigenvalue weighted by Crippen LogP contribution is -2.44. The van der Waals surface area contributed by atoms with Crippen molar-refractivity contribution in [1.82, 2.24) is 4.90 Å². The van der Waals surface area contributed by atoms with Crippen LogP contribution in [0.2, 0.25) is 0 Å². The molecule has 2 fully saturated rings. The monoisotopic (exact) mass is 335 g/mol. The van der Waals surface area contributed by atoms with E-state index in [1.165, 1.54) is 37.0 Å². The number of aliphatic hydroxyl groups excluding tert-OH is 1. The highest BCUT2D eigenvalue weighted by Gasteiger charge is 2.47. The molecule has 0 aromatic carbocycles. The molecule has 136 valence electrons. The lowest BCUT2D eigenvalue weighted by atomic mass is 9.74. The second kappa shape index (κ2) is 7.42. The van der Waals surface area contributed by atoms with Crippen LogP contribution in [0.4, 0.5) is 0 Å². The number of guanidine groups is 1. The number of rotatable bonds is 5. The SMILES string of the molecule is CN1C(=O)[C@@](CCC2CCCCC2)(C[C@H]2CCC[C@@H](O)C2)N=C1N. The number of hydrogen-bond donors (Lipinski definition) is 2. The summed E-state index contributed by atoms with van der Waals surface area (Å²) in [6.45, 7) is 0. The summed E-state index contributed by atoms with van der Waals surface area (Å²) in [5, 5.41) is 9.99. The third kappa shape index (κ3) is 3.76. The van der Waals surface area contributed by atoms with Gasteiger partial charge >= 0.3 is 0 Å². The fourth-order valence-electron chi connectivity index (χ4n) is 5.00. The molecule has 1 amide bonds. The highest BCUT2D eigenvalue weighted by molar-refractivity contribution is 6.06. The van der Waals surface area contributed by atoms with Crippen molar-refractivity contribution in [3.05, 3.63) is 0 Å². The summed E-state index contributed by atoms with van der Waals surface area (Å²) in [5.74, 6) is 1.55. The van der Waals surface area contributed by atoms with Crippen LogP contribution in [0.5, 0.6) is 0 Å². The first-order chi connectivity index (χ1) is 11.5. The van der Waals surface area contributed by atoms with Gasteiger partial charge in [0.15, 0.2) is 5.96 Å². The first-order valence-electron chi connectivity index (χ1n) is 9.82. The molecule has 5 nitrogen and oxygen atoms in total. The normalized spacial score (nSPS) is 35.3. The van der Waals surface area contributed by atoms with E-state index in [2.05, 4.69) is 4.99 Å². The van der Waals surface area contributed by atoms with Gasteiger partial charge in [0, 0.05) is 7.05 Å². The fraction of sp³-hybridized carbons (Fsp3) is 0.895. The zero-order chi connectivity index (χ0) is 17.2. The molecule has 2 aliphatic carbocycles. The van der Waals surface area contributed by atoms with E-state index < -0.39 is 5.54 Å². The Bertz CT molecular complexity index is 487. The van der Waals surface area contributed by atoms with Crippen molar-refractivity contribution in [3.8, 4) is 0 Å². The van der Waals surface area contributed by atoms with Crippen molar-refractivity contribution in [2.45, 2.75) is 88.7 Å². The molecule has 0 aromatic heterocycles. The van der Waals surface area contributed by atoms with E-state index in [-0.39, 0.29) is 12.0 Å². The van der Waals surface area contributed by atoms with Crippen LogP contribution in [0.25, 0.3) is 0 Å². The largest absolute Gasteiger partial charge is 0.393 e. The lowest BCUT2D eigenvalue weighted by molar-refractivity contribution is -0.131. The molecule has 24 heavy (non-hydrogen) atoms. The van der Waals surface area contributed by atoms with Crippen LogP contribution in [0.1, 0.15) is 77.0 Å². The van der Waals surface area contributed by atoms with E-state index in [9.17, 15) is 9.90 Å². The number of nitrogens with zero attached hydrogens (tertiary/aromatic N) is 2. The lowest BCUT2D eigenvalue weighted by Gasteiger charge is -2.34. The molecule has 0 aromatic rings. The van der Waals surface area contributed by atoms with Gasteiger partial charge in [-0.15, -0.1) is 0 Å². The topological polar surface area (TPSA) is 78.9 Å². The van der Waals surface area contributed by atoms with E-state index in [1.54, 1.807) is 7.05 Å². The molecule has 0 unspecified atom stereocenters. The van der Waals surface area contributed by atoms with Crippen LogP contribution in [0.3, 0.4) is 0 Å². The zero-order valence-corrected chi connectivity index (χ0v) is 15.0. The first-order valence-corrected chi connectivity index (χ1v) is 9.82. The highest BCUT2D eigenvalue weighted by atomic mass is 16.3. The average molecular weight is 335 g/mol. The zero-order valence-electron chi connectivity index (χ0n) is 15.0. The summed E-state index contributed by atoms with van der Waals surface area (Å²) in [4.78, 5) is 19.1. The third-order valence-electron chi connectivity index (χ3n) is 6.45. The van der Waals surface area contributed by atoms with E-state index >= 15 is 0 Å². The Morgan fingerprint density at radius 3 is 2.50 bits per heavy atom. The van der Waals surface area contributed by atoms with Crippen molar-refractivity contribution in [3.63, 3.8) is 0 Å². The Balaban J connectivity index is 1.70. The minimum Gasteiger partial charge on any atom is -0.393 e. The number of nitrogens with two attached hydrogens (primary N) is 1. The predicted octanol–water partition coefficient (Wildman–Crippen LogP) is 2.81. The van der Waals surface area contributed by atoms with Gasteiger partial charge in [0.05, 0.1) is 6.10 Å². The van der Waals surface area contributed by atoms with Crippen LogP contribution >= 0.6 is 0 Å². The molecule has 3 aliphatic rings. The van der Waals surface area contributed by atoms with Crippen LogP contribution in [-0.4, -0.2) is 40.6 Å². The number of carbonyl (C=O) groups is 1. The first kappa shape index (κ1) is 17.7. The second-order valence-electron chi connectivity index (χ2n) is 8.30. The van der Waals surface area contributed by atoms with Gasteiger partial charge in [-0.3, -0.25) is 9.69 Å². The van der Waals surface area contributed by atoms with Crippen molar-refractivity contribution < 1.29 is 9.90 Å². The van der Waals surface area contributed by atoms with Gasteiger partial charge in [0.1, 0.15) is 5.54 Å². The standard InChI is InChI=1S/C19H33N3O2/c1-22-17(24)19(21-18(22)20,11-10-14-6-3-2-4-7-14)13-15-8-5-9-16(23)12-15/h14-16,23H,2-13H2,1H3,(H2,20,21)/t15-,16+,19+/m0/s1. The number of likely N-dealkylation sites (N-methyl/N-ethyl adjacent to an activating group) is 1. The molecule has 2 saturated carbocycles. The molecule has 3 atom stereocenters. The van der Waals surface area contributed by atoms with E-state index in [1.807, 2.05) is 0 Å². The Morgan fingerprint density at radius 2 is 1.88 bits per heavy atom. The summed E-state index contributed by atoms with van der Waals surface area (Å²) < 4.78 is 0. The summed E-state index contributed by atoms with van der Waals surface area (Å²) in [6.07, 6.45) is 12.9. The maximum absolute atomic E-state index is 12.9. The maximum Gasteiger partial charge on any atom is 0.257 e. The Hall–Kier alpha value is -1.10. The molecule has 1 heterocycles. The molecule has 5 heteroatoms. The fourth-order valence-corrected chi connectivity index (χ4v) is 5.00. The minimum absolute atomic E-state index is 0.0656. The van der Waals surface area contributed by atoms with Crippen LogP contribution in [0.15, 0.2) is 4.99 Å². The molecular formula is C19H33N3O2. The third-order valence-corrected chi connectivity index (χ3v) is 6.45. The summed E-state index contributed by atoms with van der Waals surface area (Å²) in [6, 6.07) is 0. The van der Waals surface area contributed by atoms with Gasteiger partial charge in [0.2, 0.25) is 0 Å². The van der Waals surface area contributed by atoms with E-state index in [0.717, 1.165) is 50.9 Å². The van der Waals surface area contributed by atoms with Gasteiger partial charge in [-0.05, 0) is 43.9 Å². The number of aliphatic imine (C=N–C) groups is 1. The quantitative estimate of drug-likeness (QED) is 0.811. The van der Waals surface area contributed by atoms with Gasteiger partial charge in [-0.1, -0.05) is 44.9 Å². The molecule has 1 aliphatic heterocycles. The van der Waals surface area contributed by atoms with Gasteiger partial charge < -0.3 is 10.8 Å². The van der Waals surface area contributed by atoms with Crippen molar-refractivity contribution in [2.24, 2.45) is 22.6 Å². The number of aliphatic hydroxyl groups is 1. The summed E-state index contributed by atoms with van der Waals surface area (Å²) >= 11 is 0. The molecular weight excluding hydrogens is 302 g/mol. The predicted molar refractivity (Wildman–Crippen MR) is 95.5 cm³/mol. The van der Waals surface area contributed by atoms with E-state index in [0.29, 0.717) is 11.9 Å². The average Bonchev–Trinajstić information content (AvgIpc) is 2.78. The summed E-state index contributed by atoms with van der Waals surface area (Å²) in [5.41, 5.74) is 5.32. The van der Waals surface area contributed by atoms with Gasteiger partial charge in [-0.2, -0.15) is 0 Å². The molecule has 0 saturated heterocycles. The van der Waals surface area contributed by atoms with Crippen LogP contribution < -0.4 is 5.73 Å². The smallest absolute Gasteiger partial charge is 0.257 e. The molecule has 0 spiro atoms. The van der Waals surface area contributed by atoms with E-state index in [4.69, 9.17) is 5.73 Å². The summed E-state index contributed by atoms with van der Waals surface area (Å²) in [7, 11) is 1.74. The molecule has 0 radical (unpaired) electrons. The Kier molecular flexibility index (Phi) is 5.48. The number of amides is 1. The second-order valence-corrected chi connectivity index (χ2v) is 8.30. The van der Waals surface area contributed by atoms with Gasteiger partial charge in [0.25, 0.3) is 5.91 Å². The van der Waals surface area contributed by atoms with Crippen molar-refractivity contribution in [1.29, 1.82) is 0 Å². The van der Waals surface area contributed by atoms with Crippen LogP contribution in [-0.2, 0) is 4.79 Å². The number of carbonyl (C=O) groups excluding carboxylic acids is 1. The Labute approximate surface area is 145 Å². The Morgan fingerprint density at radius 1 is 1.17 bits per heavy atom. The van der Waals surface area contributed by atoms with Crippen molar-refractivity contribution in [2.75, 3.05) is 7.05 Å². The number of hydrogen-bond acceptors (Lipinski definition) is 4. The molecule has 0 bridgehead atoms. The minimum atomic E-state index is -0.669.